The highest BCUT2D eigenvalue weighted by atomic mass is 19.1. The Morgan fingerprint density at radius 1 is 0.484 bits per heavy atom. The molecule has 0 radical (unpaired) electrons. The zero-order valence-corrected chi connectivity index (χ0v) is 34.6. The van der Waals surface area contributed by atoms with E-state index in [9.17, 15) is 9.50 Å². The zero-order valence-electron chi connectivity index (χ0n) is 34.6. The molecular formula is C52H37B3FN5O. The molecule has 0 fully saturated rings. The summed E-state index contributed by atoms with van der Waals surface area (Å²) in [7, 11) is 6.26. The molecule has 62 heavy (non-hydrogen) atoms. The molecule has 0 aliphatic heterocycles. The van der Waals surface area contributed by atoms with Crippen molar-refractivity contribution >= 4 is 83.5 Å². The average Bonchev–Trinajstić information content (AvgIpc) is 3.84. The topological polar surface area (TPSA) is 68.8 Å². The predicted molar refractivity (Wildman–Crippen MR) is 261 cm³/mol. The number of fused-ring (bicyclic) bond motifs is 7. The Morgan fingerprint density at radius 3 is 1.69 bits per heavy atom. The van der Waals surface area contributed by atoms with Crippen molar-refractivity contribution in [2.75, 3.05) is 0 Å². The summed E-state index contributed by atoms with van der Waals surface area (Å²) in [5, 5.41) is 16.5. The smallest absolute Gasteiger partial charge is 0.238 e. The van der Waals surface area contributed by atoms with Crippen molar-refractivity contribution in [2.45, 2.75) is 6.92 Å². The van der Waals surface area contributed by atoms with E-state index in [0.717, 1.165) is 99.1 Å². The molecule has 6 nitrogen and oxygen atoms in total. The summed E-state index contributed by atoms with van der Waals surface area (Å²) in [5.41, 5.74) is 14.0. The molecule has 0 saturated carbocycles. The van der Waals surface area contributed by atoms with Crippen LogP contribution < -0.4 is 16.4 Å². The van der Waals surface area contributed by atoms with Crippen molar-refractivity contribution in [2.24, 2.45) is 0 Å². The number of benzene rings is 8. The number of para-hydroxylation sites is 2. The van der Waals surface area contributed by atoms with Gasteiger partial charge in [-0.15, -0.1) is 0 Å². The molecule has 0 saturated heterocycles. The number of hydrogen-bond donors (Lipinski definition) is 1. The van der Waals surface area contributed by atoms with Gasteiger partial charge in [0.05, 0.1) is 27.8 Å². The van der Waals surface area contributed by atoms with Gasteiger partial charge in [-0.1, -0.05) is 150 Å². The van der Waals surface area contributed by atoms with Crippen LogP contribution >= 0.6 is 0 Å². The minimum atomic E-state index is -0.373. The summed E-state index contributed by atoms with van der Waals surface area (Å²) < 4.78 is 19.4. The van der Waals surface area contributed by atoms with E-state index in [2.05, 4.69) is 129 Å². The monoisotopic (exact) mass is 799 g/mol. The maximum absolute atomic E-state index is 14.9. The average molecular weight is 799 g/mol. The first-order valence-corrected chi connectivity index (χ1v) is 20.8. The maximum Gasteiger partial charge on any atom is 0.238 e. The molecule has 0 atom stereocenters. The molecule has 0 spiro atoms. The van der Waals surface area contributed by atoms with Gasteiger partial charge in [-0.2, -0.15) is 9.97 Å². The molecule has 0 aliphatic carbocycles. The summed E-state index contributed by atoms with van der Waals surface area (Å²) in [6.07, 6.45) is 0. The van der Waals surface area contributed by atoms with Crippen molar-refractivity contribution in [1.29, 1.82) is 0 Å². The second kappa shape index (κ2) is 14.5. The fourth-order valence-electron chi connectivity index (χ4n) is 9.34. The largest absolute Gasteiger partial charge is 0.508 e. The quantitative estimate of drug-likeness (QED) is 0.176. The van der Waals surface area contributed by atoms with Gasteiger partial charge in [0.1, 0.15) is 35.1 Å². The van der Waals surface area contributed by atoms with E-state index in [0.29, 0.717) is 23.2 Å². The van der Waals surface area contributed by atoms with E-state index in [-0.39, 0.29) is 11.6 Å². The molecule has 3 heterocycles. The summed E-state index contributed by atoms with van der Waals surface area (Å²) in [5.74, 6) is 1.15. The minimum Gasteiger partial charge on any atom is -0.508 e. The lowest BCUT2D eigenvalue weighted by Gasteiger charge is -2.24. The summed E-state index contributed by atoms with van der Waals surface area (Å²) in [6.45, 7) is 2.08. The number of aromatic nitrogens is 5. The van der Waals surface area contributed by atoms with Gasteiger partial charge in [0.25, 0.3) is 0 Å². The van der Waals surface area contributed by atoms with Gasteiger partial charge in [-0.3, -0.25) is 4.57 Å². The number of phenols is 1. The third kappa shape index (κ3) is 5.71. The van der Waals surface area contributed by atoms with Crippen LogP contribution in [0.5, 0.6) is 5.75 Å². The minimum absolute atomic E-state index is 0.277. The zero-order chi connectivity index (χ0) is 42.2. The van der Waals surface area contributed by atoms with E-state index >= 15 is 0 Å². The van der Waals surface area contributed by atoms with Crippen LogP contribution in [-0.2, 0) is 0 Å². The molecular weight excluding hydrogens is 762 g/mol. The van der Waals surface area contributed by atoms with E-state index < -0.39 is 0 Å². The molecule has 11 rings (SSSR count). The summed E-state index contributed by atoms with van der Waals surface area (Å²) in [6, 6.07) is 54.3. The number of halogens is 1. The van der Waals surface area contributed by atoms with Crippen LogP contribution in [0.4, 0.5) is 4.39 Å². The van der Waals surface area contributed by atoms with Gasteiger partial charge in [0.2, 0.25) is 5.95 Å². The van der Waals surface area contributed by atoms with Crippen molar-refractivity contribution < 1.29 is 9.50 Å². The highest BCUT2D eigenvalue weighted by molar-refractivity contribution is 6.54. The van der Waals surface area contributed by atoms with Crippen LogP contribution in [0.3, 0.4) is 0 Å². The molecule has 10 heteroatoms. The van der Waals surface area contributed by atoms with Gasteiger partial charge in [-0.05, 0) is 53.8 Å². The Labute approximate surface area is 360 Å². The predicted octanol–water partition coefficient (Wildman–Crippen LogP) is 7.66. The molecule has 8 aromatic carbocycles. The van der Waals surface area contributed by atoms with E-state index in [1.807, 2.05) is 56.4 Å². The first-order chi connectivity index (χ1) is 30.3. The van der Waals surface area contributed by atoms with Crippen molar-refractivity contribution in [3.05, 3.63) is 175 Å². The lowest BCUT2D eigenvalue weighted by molar-refractivity contribution is 0.482. The second-order valence-electron chi connectivity index (χ2n) is 16.0. The van der Waals surface area contributed by atoms with Crippen molar-refractivity contribution in [3.63, 3.8) is 0 Å². The van der Waals surface area contributed by atoms with Gasteiger partial charge < -0.3 is 9.67 Å². The Morgan fingerprint density at radius 2 is 1.03 bits per heavy atom. The maximum atomic E-state index is 14.9. The van der Waals surface area contributed by atoms with Gasteiger partial charge in [0.15, 0.2) is 11.6 Å². The lowest BCUT2D eigenvalue weighted by Crippen LogP contribution is -2.36. The first-order valence-electron chi connectivity index (χ1n) is 20.8. The Hall–Kier alpha value is -7.71. The highest BCUT2D eigenvalue weighted by Gasteiger charge is 2.27. The molecule has 11 aromatic rings. The fourth-order valence-corrected chi connectivity index (χ4v) is 9.34. The third-order valence-electron chi connectivity index (χ3n) is 12.7. The van der Waals surface area contributed by atoms with Gasteiger partial charge in [0, 0.05) is 43.8 Å². The molecule has 0 aliphatic rings. The third-order valence-corrected chi connectivity index (χ3v) is 12.7. The van der Waals surface area contributed by atoms with Crippen LogP contribution in [0.1, 0.15) is 5.56 Å². The van der Waals surface area contributed by atoms with Gasteiger partial charge >= 0.3 is 0 Å². The number of nitrogens with zero attached hydrogens (tertiary/aromatic N) is 5. The highest BCUT2D eigenvalue weighted by Crippen LogP contribution is 2.46. The van der Waals surface area contributed by atoms with Crippen LogP contribution in [0.25, 0.3) is 100 Å². The molecule has 1 N–H and O–H groups in total. The number of phenolic OH excluding ortho intramolecular Hbond substituents is 1. The Balaban J connectivity index is 1.34. The van der Waals surface area contributed by atoms with Crippen LogP contribution in [-0.4, -0.2) is 52.7 Å². The number of aromatic hydroxyl groups is 1. The van der Waals surface area contributed by atoms with Crippen molar-refractivity contribution in [3.8, 4) is 62.4 Å². The van der Waals surface area contributed by atoms with E-state index in [1.165, 1.54) is 12.1 Å². The number of hydrogen-bond acceptors (Lipinski definition) is 4. The Kier molecular flexibility index (Phi) is 8.72. The lowest BCUT2D eigenvalue weighted by atomic mass is 9.68. The van der Waals surface area contributed by atoms with E-state index in [1.54, 1.807) is 6.07 Å². The molecule has 3 aromatic heterocycles. The number of rotatable bonds is 6. The second-order valence-corrected chi connectivity index (χ2v) is 16.0. The normalized spacial score (nSPS) is 11.6. The SMILES string of the molecule is Bc1c(B)c(-c2c(-c3ccccc3)cccc2-n2c3ccccc3c3ccc4c5ccccc5n(-c5nc(-c6ccccc6)nc(-c6cccc(F)c6)n5)c4c32)c(O)c(B)c1C. The van der Waals surface area contributed by atoms with Crippen molar-refractivity contribution in [1.82, 2.24) is 24.1 Å². The summed E-state index contributed by atoms with van der Waals surface area (Å²) >= 11 is 0. The standard InChI is InChI=1S/C52H37B3FN5O/c1-29-44(53)46(55)43(49(62)45(29)54)42-34(30-14-4-2-5-15-30)22-13-25-41(42)60-39-23-10-8-20-35(39)37-26-27-38-36-21-9-11-24-40(36)61(48(38)47(37)60)52-58-50(31-16-6-3-7-17-31)57-51(59-52)32-18-12-19-33(56)28-32/h2-28,62H,53-55H2,1H3. The van der Waals surface area contributed by atoms with Gasteiger partial charge in [-0.25, -0.2) is 9.37 Å². The molecule has 0 unspecified atom stereocenters. The molecule has 0 amide bonds. The molecule has 292 valence electrons. The van der Waals surface area contributed by atoms with Crippen LogP contribution in [0.2, 0.25) is 0 Å². The first kappa shape index (κ1) is 37.3. The van der Waals surface area contributed by atoms with Crippen LogP contribution in [0, 0.1) is 12.7 Å². The molecule has 0 bridgehead atoms. The Bertz CT molecular complexity index is 3580. The summed E-state index contributed by atoms with van der Waals surface area (Å²) in [4.78, 5) is 15.3. The van der Waals surface area contributed by atoms with E-state index in [4.69, 9.17) is 15.0 Å². The fraction of sp³-hybridized carbons (Fsp3) is 0.0192. The van der Waals surface area contributed by atoms with Crippen LogP contribution in [0.15, 0.2) is 164 Å².